The first-order chi connectivity index (χ1) is 6.59. The van der Waals surface area contributed by atoms with Gasteiger partial charge in [-0.1, -0.05) is 13.8 Å². The Balaban J connectivity index is 2.64. The van der Waals surface area contributed by atoms with E-state index in [2.05, 4.69) is 24.9 Å². The summed E-state index contributed by atoms with van der Waals surface area (Å²) < 4.78 is 0. The summed E-state index contributed by atoms with van der Waals surface area (Å²) in [4.78, 5) is 4.30. The van der Waals surface area contributed by atoms with E-state index in [-0.39, 0.29) is 6.04 Å². The van der Waals surface area contributed by atoms with Crippen LogP contribution in [0.2, 0.25) is 0 Å². The molecule has 0 aliphatic heterocycles. The third-order valence-corrected chi connectivity index (χ3v) is 3.20. The van der Waals surface area contributed by atoms with Crippen molar-refractivity contribution in [3.05, 3.63) is 23.9 Å². The molecule has 0 saturated carbocycles. The van der Waals surface area contributed by atoms with Gasteiger partial charge in [0, 0.05) is 18.0 Å². The standard InChI is InChI=1S/C11H18N2S/c1-8(2)7-14-11-6-10(9(3)12)4-5-13-11/h4-6,8-9H,7,12H2,1-3H3/t9-/m0/s1. The summed E-state index contributed by atoms with van der Waals surface area (Å²) >= 11 is 1.79. The van der Waals surface area contributed by atoms with Gasteiger partial charge in [-0.05, 0) is 30.5 Å². The smallest absolute Gasteiger partial charge is 0.0963 e. The Bertz CT molecular complexity index is 284. The summed E-state index contributed by atoms with van der Waals surface area (Å²) in [5, 5.41) is 1.08. The van der Waals surface area contributed by atoms with E-state index in [9.17, 15) is 0 Å². The zero-order chi connectivity index (χ0) is 10.6. The predicted octanol–water partition coefficient (Wildman–Crippen LogP) is 2.85. The molecule has 0 saturated heterocycles. The molecule has 14 heavy (non-hydrogen) atoms. The van der Waals surface area contributed by atoms with Gasteiger partial charge in [0.15, 0.2) is 0 Å². The zero-order valence-corrected chi connectivity index (χ0v) is 9.84. The van der Waals surface area contributed by atoms with Crippen LogP contribution in [0.15, 0.2) is 23.4 Å². The minimum atomic E-state index is 0.0939. The molecule has 0 radical (unpaired) electrons. The maximum absolute atomic E-state index is 5.80. The van der Waals surface area contributed by atoms with E-state index in [0.29, 0.717) is 5.92 Å². The highest BCUT2D eigenvalue weighted by Crippen LogP contribution is 2.20. The van der Waals surface area contributed by atoms with Gasteiger partial charge in [-0.25, -0.2) is 4.98 Å². The molecule has 0 spiro atoms. The van der Waals surface area contributed by atoms with Gasteiger partial charge in [-0.2, -0.15) is 0 Å². The second kappa shape index (κ2) is 5.37. The second-order valence-electron chi connectivity index (χ2n) is 3.92. The Kier molecular flexibility index (Phi) is 4.42. The van der Waals surface area contributed by atoms with Crippen LogP contribution in [0.4, 0.5) is 0 Å². The second-order valence-corrected chi connectivity index (χ2v) is 4.96. The molecular formula is C11H18N2S. The van der Waals surface area contributed by atoms with Gasteiger partial charge in [0.2, 0.25) is 0 Å². The quantitative estimate of drug-likeness (QED) is 0.777. The third-order valence-electron chi connectivity index (χ3n) is 1.85. The fourth-order valence-electron chi connectivity index (χ4n) is 1.04. The van der Waals surface area contributed by atoms with Gasteiger partial charge in [0.05, 0.1) is 5.03 Å². The van der Waals surface area contributed by atoms with E-state index < -0.39 is 0 Å². The molecule has 1 atom stereocenters. The Morgan fingerprint density at radius 2 is 2.14 bits per heavy atom. The van der Waals surface area contributed by atoms with E-state index in [1.807, 2.05) is 19.2 Å². The highest BCUT2D eigenvalue weighted by molar-refractivity contribution is 7.99. The normalized spacial score (nSPS) is 13.2. The SMILES string of the molecule is CC(C)CSc1cc([C@H](C)N)ccn1. The van der Waals surface area contributed by atoms with Gasteiger partial charge in [0.25, 0.3) is 0 Å². The first-order valence-electron chi connectivity index (χ1n) is 4.94. The first-order valence-corrected chi connectivity index (χ1v) is 5.92. The molecule has 0 aliphatic rings. The van der Waals surface area contributed by atoms with Gasteiger partial charge < -0.3 is 5.73 Å². The van der Waals surface area contributed by atoms with E-state index in [1.54, 1.807) is 11.8 Å². The van der Waals surface area contributed by atoms with Crippen molar-refractivity contribution in [2.24, 2.45) is 11.7 Å². The maximum atomic E-state index is 5.80. The monoisotopic (exact) mass is 210 g/mol. The van der Waals surface area contributed by atoms with Crippen LogP contribution < -0.4 is 5.73 Å². The van der Waals surface area contributed by atoms with E-state index in [0.717, 1.165) is 16.3 Å². The molecule has 0 fully saturated rings. The average molecular weight is 210 g/mol. The molecule has 3 heteroatoms. The average Bonchev–Trinajstić information content (AvgIpc) is 2.15. The highest BCUT2D eigenvalue weighted by Gasteiger charge is 2.02. The lowest BCUT2D eigenvalue weighted by Gasteiger charge is -2.08. The largest absolute Gasteiger partial charge is 0.324 e. The first kappa shape index (κ1) is 11.5. The summed E-state index contributed by atoms with van der Waals surface area (Å²) in [7, 11) is 0. The Morgan fingerprint density at radius 1 is 1.43 bits per heavy atom. The van der Waals surface area contributed by atoms with Gasteiger partial charge in [-0.15, -0.1) is 11.8 Å². The minimum absolute atomic E-state index is 0.0939. The maximum Gasteiger partial charge on any atom is 0.0963 e. The van der Waals surface area contributed by atoms with Crippen molar-refractivity contribution in [1.29, 1.82) is 0 Å². The molecule has 1 aromatic rings. The van der Waals surface area contributed by atoms with Gasteiger partial charge in [-0.3, -0.25) is 0 Å². The van der Waals surface area contributed by atoms with Crippen LogP contribution in [0.1, 0.15) is 32.4 Å². The van der Waals surface area contributed by atoms with Crippen molar-refractivity contribution in [2.45, 2.75) is 31.8 Å². The van der Waals surface area contributed by atoms with E-state index in [4.69, 9.17) is 5.73 Å². The van der Waals surface area contributed by atoms with Crippen molar-refractivity contribution >= 4 is 11.8 Å². The summed E-state index contributed by atoms with van der Waals surface area (Å²) in [6, 6.07) is 4.15. The van der Waals surface area contributed by atoms with Crippen LogP contribution >= 0.6 is 11.8 Å². The molecule has 78 valence electrons. The zero-order valence-electron chi connectivity index (χ0n) is 9.03. The van der Waals surface area contributed by atoms with Crippen molar-refractivity contribution < 1.29 is 0 Å². The topological polar surface area (TPSA) is 38.9 Å². The number of thioether (sulfide) groups is 1. The molecular weight excluding hydrogens is 192 g/mol. The molecule has 0 aliphatic carbocycles. The molecule has 0 amide bonds. The van der Waals surface area contributed by atoms with Crippen LogP contribution in [0.25, 0.3) is 0 Å². The number of aromatic nitrogens is 1. The number of nitrogens with two attached hydrogens (primary N) is 1. The highest BCUT2D eigenvalue weighted by atomic mass is 32.2. The molecule has 1 heterocycles. The third kappa shape index (κ3) is 3.68. The Hall–Kier alpha value is -0.540. The lowest BCUT2D eigenvalue weighted by Crippen LogP contribution is -2.05. The van der Waals surface area contributed by atoms with Crippen molar-refractivity contribution in [3.8, 4) is 0 Å². The van der Waals surface area contributed by atoms with Crippen molar-refractivity contribution in [2.75, 3.05) is 5.75 Å². The fraction of sp³-hybridized carbons (Fsp3) is 0.545. The summed E-state index contributed by atoms with van der Waals surface area (Å²) in [5.74, 6) is 1.80. The van der Waals surface area contributed by atoms with Crippen LogP contribution in [0.3, 0.4) is 0 Å². The molecule has 0 aromatic carbocycles. The van der Waals surface area contributed by atoms with Crippen molar-refractivity contribution in [3.63, 3.8) is 0 Å². The molecule has 0 bridgehead atoms. The summed E-state index contributed by atoms with van der Waals surface area (Å²) in [6.45, 7) is 6.41. The molecule has 2 nitrogen and oxygen atoms in total. The van der Waals surface area contributed by atoms with E-state index in [1.165, 1.54) is 0 Å². The van der Waals surface area contributed by atoms with Gasteiger partial charge in [0.1, 0.15) is 0 Å². The number of pyridine rings is 1. The number of rotatable bonds is 4. The molecule has 2 N–H and O–H groups in total. The number of hydrogen-bond acceptors (Lipinski definition) is 3. The molecule has 1 aromatic heterocycles. The lowest BCUT2D eigenvalue weighted by molar-refractivity contribution is 0.749. The van der Waals surface area contributed by atoms with Crippen LogP contribution in [0, 0.1) is 5.92 Å². The predicted molar refractivity (Wildman–Crippen MR) is 62.4 cm³/mol. The Morgan fingerprint density at radius 3 is 2.71 bits per heavy atom. The summed E-state index contributed by atoms with van der Waals surface area (Å²) in [5.41, 5.74) is 6.96. The molecule has 0 unspecified atom stereocenters. The van der Waals surface area contributed by atoms with Crippen LogP contribution in [0.5, 0.6) is 0 Å². The van der Waals surface area contributed by atoms with Crippen LogP contribution in [-0.2, 0) is 0 Å². The summed E-state index contributed by atoms with van der Waals surface area (Å²) in [6.07, 6.45) is 1.83. The number of nitrogens with zero attached hydrogens (tertiary/aromatic N) is 1. The molecule has 1 rings (SSSR count). The van der Waals surface area contributed by atoms with Crippen molar-refractivity contribution in [1.82, 2.24) is 4.98 Å². The van der Waals surface area contributed by atoms with Gasteiger partial charge >= 0.3 is 0 Å². The minimum Gasteiger partial charge on any atom is -0.324 e. The fourth-order valence-corrected chi connectivity index (χ4v) is 1.90. The number of hydrogen-bond donors (Lipinski definition) is 1. The lowest BCUT2D eigenvalue weighted by atomic mass is 10.1. The van der Waals surface area contributed by atoms with Crippen LogP contribution in [-0.4, -0.2) is 10.7 Å². The Labute approximate surface area is 90.3 Å². The van der Waals surface area contributed by atoms with E-state index >= 15 is 0 Å².